The van der Waals surface area contributed by atoms with Crippen molar-refractivity contribution in [2.75, 3.05) is 12.3 Å². The number of rotatable bonds is 4. The van der Waals surface area contributed by atoms with Gasteiger partial charge in [-0.1, -0.05) is 13.8 Å². The second-order valence-corrected chi connectivity index (χ2v) is 11.6. The summed E-state index contributed by atoms with van der Waals surface area (Å²) < 4.78 is 5.78. The van der Waals surface area contributed by atoms with E-state index in [9.17, 15) is 14.7 Å². The smallest absolute Gasteiger partial charge is 0.173 e. The van der Waals surface area contributed by atoms with E-state index in [0.717, 1.165) is 44.9 Å². The summed E-state index contributed by atoms with van der Waals surface area (Å²) in [6.45, 7) is 4.57. The Morgan fingerprint density at radius 1 is 1.09 bits per heavy atom. The summed E-state index contributed by atoms with van der Waals surface area (Å²) in [4.78, 5) is 26.9. The van der Waals surface area contributed by atoms with E-state index in [-0.39, 0.29) is 41.2 Å². The number of anilines is 1. The highest BCUT2D eigenvalue weighted by molar-refractivity contribution is 5.88. The molecule has 0 radical (unpaired) electrons. The zero-order valence-electron chi connectivity index (χ0n) is 19.4. The minimum Gasteiger partial charge on any atom is -0.486 e. The van der Waals surface area contributed by atoms with Crippen molar-refractivity contribution in [1.82, 2.24) is 0 Å². The molecule has 174 valence electrons. The number of carbonyl (C=O) groups is 2. The summed E-state index contributed by atoms with van der Waals surface area (Å²) in [5, 5.41) is 10.2. The summed E-state index contributed by atoms with van der Waals surface area (Å²) in [6.07, 6.45) is 6.98. The highest BCUT2D eigenvalue weighted by Crippen LogP contribution is 2.66. The third kappa shape index (κ3) is 3.39. The molecule has 1 aromatic rings. The van der Waals surface area contributed by atoms with Crippen LogP contribution in [0.25, 0.3) is 0 Å². The van der Waals surface area contributed by atoms with Crippen molar-refractivity contribution in [2.45, 2.75) is 71.3 Å². The van der Waals surface area contributed by atoms with E-state index < -0.39 is 0 Å². The second kappa shape index (κ2) is 7.86. The number of benzene rings is 1. The normalized spacial score (nSPS) is 43.2. The quantitative estimate of drug-likeness (QED) is 0.678. The maximum atomic E-state index is 13.7. The van der Waals surface area contributed by atoms with Crippen LogP contribution in [-0.2, 0) is 9.59 Å². The number of ketones is 2. The Kier molecular flexibility index (Phi) is 5.39. The van der Waals surface area contributed by atoms with E-state index in [1.807, 2.05) is 0 Å². The fourth-order valence-corrected chi connectivity index (χ4v) is 8.40. The number of Topliss-reactive ketones (excluding diaryl/α,β-unsaturated/α-hetero) is 2. The Morgan fingerprint density at radius 3 is 2.59 bits per heavy atom. The minimum absolute atomic E-state index is 0.0148. The summed E-state index contributed by atoms with van der Waals surface area (Å²) >= 11 is 0. The molecule has 1 aromatic carbocycles. The van der Waals surface area contributed by atoms with Gasteiger partial charge >= 0.3 is 0 Å². The van der Waals surface area contributed by atoms with Gasteiger partial charge in [0.1, 0.15) is 18.1 Å². The molecular formula is C27H37NO4. The van der Waals surface area contributed by atoms with E-state index in [1.165, 1.54) is 0 Å². The first kappa shape index (κ1) is 21.9. The molecule has 0 saturated heterocycles. The van der Waals surface area contributed by atoms with Gasteiger partial charge in [-0.2, -0.15) is 0 Å². The van der Waals surface area contributed by atoms with Crippen molar-refractivity contribution in [3.05, 3.63) is 24.3 Å². The average molecular weight is 440 g/mol. The van der Waals surface area contributed by atoms with Gasteiger partial charge in [0, 0.05) is 23.9 Å². The van der Waals surface area contributed by atoms with E-state index in [2.05, 4.69) is 13.8 Å². The number of fused-ring (bicyclic) bond motifs is 5. The molecular weight excluding hydrogens is 402 g/mol. The molecule has 0 heterocycles. The molecule has 8 atom stereocenters. The molecule has 0 bridgehead atoms. The van der Waals surface area contributed by atoms with Crippen LogP contribution in [0.15, 0.2) is 24.3 Å². The van der Waals surface area contributed by atoms with Gasteiger partial charge in [0.25, 0.3) is 0 Å². The van der Waals surface area contributed by atoms with Gasteiger partial charge in [-0.15, -0.1) is 0 Å². The van der Waals surface area contributed by atoms with Crippen molar-refractivity contribution in [2.24, 2.45) is 40.4 Å². The van der Waals surface area contributed by atoms with E-state index >= 15 is 0 Å². The lowest BCUT2D eigenvalue weighted by Crippen LogP contribution is -2.58. The van der Waals surface area contributed by atoms with Crippen LogP contribution in [0.2, 0.25) is 0 Å². The highest BCUT2D eigenvalue weighted by atomic mass is 16.5. The summed E-state index contributed by atoms with van der Waals surface area (Å²) in [6, 6.07) is 7.12. The van der Waals surface area contributed by atoms with E-state index in [4.69, 9.17) is 10.5 Å². The number of hydrogen-bond acceptors (Lipinski definition) is 5. The Morgan fingerprint density at radius 2 is 1.84 bits per heavy atom. The fraction of sp³-hybridized carbons (Fsp3) is 0.704. The van der Waals surface area contributed by atoms with Crippen molar-refractivity contribution >= 4 is 17.3 Å². The maximum Gasteiger partial charge on any atom is 0.173 e. The first-order valence-electron chi connectivity index (χ1n) is 12.4. The number of nitrogens with two attached hydrogens (primary N) is 1. The topological polar surface area (TPSA) is 89.6 Å². The summed E-state index contributed by atoms with van der Waals surface area (Å²) in [7, 11) is 0. The lowest BCUT2D eigenvalue weighted by Gasteiger charge is -2.59. The van der Waals surface area contributed by atoms with Crippen LogP contribution in [-0.4, -0.2) is 29.4 Å². The molecule has 0 aromatic heterocycles. The summed E-state index contributed by atoms with van der Waals surface area (Å²) in [5.74, 6) is 2.41. The summed E-state index contributed by atoms with van der Waals surface area (Å²) in [5.41, 5.74) is 6.16. The van der Waals surface area contributed by atoms with Crippen LogP contribution in [0.5, 0.6) is 5.75 Å². The zero-order chi connectivity index (χ0) is 22.7. The van der Waals surface area contributed by atoms with Gasteiger partial charge in [-0.25, -0.2) is 0 Å². The number of nitrogen functional groups attached to an aromatic ring is 1. The van der Waals surface area contributed by atoms with Gasteiger partial charge in [-0.05, 0) is 97.8 Å². The lowest BCUT2D eigenvalue weighted by atomic mass is 9.44. The molecule has 0 aliphatic heterocycles. The van der Waals surface area contributed by atoms with Crippen LogP contribution in [0.4, 0.5) is 5.69 Å². The van der Waals surface area contributed by atoms with Crippen LogP contribution < -0.4 is 10.5 Å². The van der Waals surface area contributed by atoms with Crippen molar-refractivity contribution in [3.63, 3.8) is 0 Å². The molecule has 4 fully saturated rings. The molecule has 4 aliphatic carbocycles. The molecule has 32 heavy (non-hydrogen) atoms. The first-order valence-corrected chi connectivity index (χ1v) is 12.4. The van der Waals surface area contributed by atoms with E-state index in [1.54, 1.807) is 24.3 Å². The third-order valence-corrected chi connectivity index (χ3v) is 9.97. The van der Waals surface area contributed by atoms with E-state index in [0.29, 0.717) is 41.4 Å². The van der Waals surface area contributed by atoms with Crippen LogP contribution in [0, 0.1) is 40.4 Å². The number of carbonyl (C=O) groups excluding carboxylic acids is 2. The monoisotopic (exact) mass is 439 g/mol. The van der Waals surface area contributed by atoms with Gasteiger partial charge in [0.05, 0.1) is 6.10 Å². The molecule has 0 unspecified atom stereocenters. The lowest BCUT2D eigenvalue weighted by molar-refractivity contribution is -0.162. The highest BCUT2D eigenvalue weighted by Gasteiger charge is 2.64. The standard InChI is InChI=1S/C27H37NO4/c1-26-12-11-18(29)13-16(26)3-8-20-21-9-10-22(27(21,2)14-23(30)25(20)26)24(31)15-32-19-6-4-17(28)5-7-19/h4-7,16,18,20-22,25,29H,3,8-15,28H2,1-2H3/t16-,18+,20-,21-,22+,25+,26-,27-/m0/s1. The van der Waals surface area contributed by atoms with Crippen LogP contribution >= 0.6 is 0 Å². The molecule has 5 rings (SSSR count). The number of hydrogen-bond donors (Lipinski definition) is 2. The largest absolute Gasteiger partial charge is 0.486 e. The van der Waals surface area contributed by atoms with Crippen LogP contribution in [0.3, 0.4) is 0 Å². The van der Waals surface area contributed by atoms with Gasteiger partial charge in [0.15, 0.2) is 5.78 Å². The fourth-order valence-electron chi connectivity index (χ4n) is 8.40. The number of aliphatic hydroxyl groups excluding tert-OH is 1. The third-order valence-electron chi connectivity index (χ3n) is 9.97. The average Bonchev–Trinajstić information content (AvgIpc) is 3.10. The number of aliphatic hydroxyl groups is 1. The van der Waals surface area contributed by atoms with Crippen molar-refractivity contribution in [3.8, 4) is 5.75 Å². The van der Waals surface area contributed by atoms with Crippen LogP contribution in [0.1, 0.15) is 65.2 Å². The SMILES string of the molecule is C[C@]12CC[C@@H](O)C[C@@H]1CC[C@H]1[C@@H]3CC[C@H](C(=O)COc4ccc(N)cc4)[C@@]3(C)CC(=O)[C@@H]12. The minimum atomic E-state index is -0.253. The first-order chi connectivity index (χ1) is 15.2. The zero-order valence-corrected chi connectivity index (χ0v) is 19.4. The molecule has 4 saturated carbocycles. The molecule has 5 heteroatoms. The van der Waals surface area contributed by atoms with Gasteiger partial charge in [0.2, 0.25) is 0 Å². The molecule has 4 aliphatic rings. The predicted octanol–water partition coefficient (Wildman–Crippen LogP) is 4.42. The second-order valence-electron chi connectivity index (χ2n) is 11.6. The van der Waals surface area contributed by atoms with Gasteiger partial charge < -0.3 is 15.6 Å². The Labute approximate surface area is 191 Å². The Bertz CT molecular complexity index is 897. The Balaban J connectivity index is 1.33. The molecule has 3 N–H and O–H groups in total. The molecule has 5 nitrogen and oxygen atoms in total. The maximum absolute atomic E-state index is 13.7. The van der Waals surface area contributed by atoms with Crippen molar-refractivity contribution < 1.29 is 19.4 Å². The predicted molar refractivity (Wildman–Crippen MR) is 123 cm³/mol. The van der Waals surface area contributed by atoms with Gasteiger partial charge in [-0.3, -0.25) is 9.59 Å². The number of ether oxygens (including phenoxy) is 1. The Hall–Kier alpha value is -1.88. The van der Waals surface area contributed by atoms with Crippen molar-refractivity contribution in [1.29, 1.82) is 0 Å². The molecule has 0 amide bonds. The molecule has 0 spiro atoms.